The second kappa shape index (κ2) is 10.2. The minimum Gasteiger partial charge on any atom is -0.466 e. The Kier molecular flexibility index (Phi) is 8.98. The number of hydrogen-bond donors (Lipinski definition) is 2. The molecule has 0 spiro atoms. The molecular formula is C17H31IN4O. The Hall–Kier alpha value is -0.760. The molecule has 1 fully saturated rings. The number of rotatable bonds is 6. The van der Waals surface area contributed by atoms with Gasteiger partial charge in [0.1, 0.15) is 11.5 Å². The van der Waals surface area contributed by atoms with Gasteiger partial charge in [-0.25, -0.2) is 4.99 Å². The van der Waals surface area contributed by atoms with Crippen molar-refractivity contribution in [3.63, 3.8) is 0 Å². The Labute approximate surface area is 157 Å². The summed E-state index contributed by atoms with van der Waals surface area (Å²) < 4.78 is 5.56. The number of hydrogen-bond acceptors (Lipinski definition) is 3. The molecule has 2 N–H and O–H groups in total. The first-order chi connectivity index (χ1) is 10.6. The second-order valence-corrected chi connectivity index (χ2v) is 5.94. The lowest BCUT2D eigenvalue weighted by atomic mass is 10.2. The van der Waals surface area contributed by atoms with Crippen molar-refractivity contribution in [3.8, 4) is 0 Å². The Morgan fingerprint density at radius 2 is 2.13 bits per heavy atom. The van der Waals surface area contributed by atoms with E-state index < -0.39 is 0 Å². The number of aliphatic imine (C=N–C) groups is 1. The van der Waals surface area contributed by atoms with Gasteiger partial charge < -0.3 is 15.1 Å². The largest absolute Gasteiger partial charge is 0.466 e. The summed E-state index contributed by atoms with van der Waals surface area (Å²) in [5.41, 5.74) is 1.16. The van der Waals surface area contributed by atoms with E-state index in [9.17, 15) is 0 Å². The topological polar surface area (TPSA) is 52.8 Å². The molecule has 2 rings (SSSR count). The Bertz CT molecular complexity index is 501. The number of likely N-dealkylation sites (N-methyl/N-ethyl adjacent to an activating group) is 1. The third-order valence-electron chi connectivity index (χ3n) is 4.31. The summed E-state index contributed by atoms with van der Waals surface area (Å²) in [4.78, 5) is 7.23. The highest BCUT2D eigenvalue weighted by atomic mass is 127. The van der Waals surface area contributed by atoms with Crippen LogP contribution in [0, 0.1) is 13.8 Å². The number of nitrogens with zero attached hydrogens (tertiary/aromatic N) is 2. The normalized spacial score (nSPS) is 18.8. The molecule has 0 aromatic carbocycles. The van der Waals surface area contributed by atoms with Gasteiger partial charge >= 0.3 is 0 Å². The maximum Gasteiger partial charge on any atom is 0.191 e. The van der Waals surface area contributed by atoms with Crippen LogP contribution in [0.15, 0.2) is 15.5 Å². The van der Waals surface area contributed by atoms with Crippen LogP contribution in [0.4, 0.5) is 0 Å². The molecule has 1 aliphatic rings. The van der Waals surface area contributed by atoms with Crippen molar-refractivity contribution in [2.45, 2.75) is 53.1 Å². The van der Waals surface area contributed by atoms with Gasteiger partial charge in [0.25, 0.3) is 0 Å². The zero-order chi connectivity index (χ0) is 15.9. The SMILES string of the molecule is CCNC(=NCc1cc(C)oc1C)NCC1CCCN1CC.I. The van der Waals surface area contributed by atoms with Crippen molar-refractivity contribution in [2.75, 3.05) is 26.2 Å². The van der Waals surface area contributed by atoms with Crippen molar-refractivity contribution in [1.29, 1.82) is 0 Å². The van der Waals surface area contributed by atoms with Crippen LogP contribution < -0.4 is 10.6 Å². The van der Waals surface area contributed by atoms with Crippen LogP contribution >= 0.6 is 24.0 Å². The average Bonchev–Trinajstić information content (AvgIpc) is 3.07. The summed E-state index contributed by atoms with van der Waals surface area (Å²) in [5, 5.41) is 6.82. The number of guanidine groups is 1. The smallest absolute Gasteiger partial charge is 0.191 e. The van der Waals surface area contributed by atoms with Gasteiger partial charge in [-0.3, -0.25) is 4.90 Å². The molecule has 0 saturated carbocycles. The fourth-order valence-corrected chi connectivity index (χ4v) is 3.10. The van der Waals surface area contributed by atoms with Crippen LogP contribution in [0.1, 0.15) is 43.8 Å². The number of nitrogens with one attached hydrogen (secondary N) is 2. The monoisotopic (exact) mass is 434 g/mol. The van der Waals surface area contributed by atoms with E-state index in [1.54, 1.807) is 0 Å². The maximum absolute atomic E-state index is 5.56. The van der Waals surface area contributed by atoms with Gasteiger partial charge in [-0.15, -0.1) is 24.0 Å². The van der Waals surface area contributed by atoms with Crippen molar-refractivity contribution < 1.29 is 4.42 Å². The molecule has 1 aliphatic heterocycles. The predicted octanol–water partition coefficient (Wildman–Crippen LogP) is 3.05. The van der Waals surface area contributed by atoms with E-state index in [1.165, 1.54) is 19.4 Å². The van der Waals surface area contributed by atoms with Gasteiger partial charge in [0.15, 0.2) is 5.96 Å². The summed E-state index contributed by atoms with van der Waals surface area (Å²) in [6.07, 6.45) is 2.58. The highest BCUT2D eigenvalue weighted by Crippen LogP contribution is 2.16. The molecule has 1 aromatic heterocycles. The first-order valence-corrected chi connectivity index (χ1v) is 8.46. The van der Waals surface area contributed by atoms with Crippen molar-refractivity contribution in [3.05, 3.63) is 23.2 Å². The summed E-state index contributed by atoms with van der Waals surface area (Å²) in [7, 11) is 0. The maximum atomic E-state index is 5.56. The molecule has 2 heterocycles. The van der Waals surface area contributed by atoms with E-state index in [0.29, 0.717) is 12.6 Å². The van der Waals surface area contributed by atoms with Gasteiger partial charge in [-0.1, -0.05) is 6.92 Å². The molecule has 5 nitrogen and oxygen atoms in total. The second-order valence-electron chi connectivity index (χ2n) is 5.94. The Morgan fingerprint density at radius 1 is 1.35 bits per heavy atom. The number of furan rings is 1. The summed E-state index contributed by atoms with van der Waals surface area (Å²) in [5.74, 6) is 2.80. The Balaban J connectivity index is 0.00000264. The molecule has 132 valence electrons. The predicted molar refractivity (Wildman–Crippen MR) is 107 cm³/mol. The number of halogens is 1. The van der Waals surface area contributed by atoms with Gasteiger partial charge in [-0.2, -0.15) is 0 Å². The number of aryl methyl sites for hydroxylation is 2. The summed E-state index contributed by atoms with van der Waals surface area (Å²) in [6.45, 7) is 13.2. The highest BCUT2D eigenvalue weighted by molar-refractivity contribution is 14.0. The first-order valence-electron chi connectivity index (χ1n) is 8.46. The first kappa shape index (κ1) is 20.3. The molecular weight excluding hydrogens is 403 g/mol. The van der Waals surface area contributed by atoms with Gasteiger partial charge in [0.05, 0.1) is 6.54 Å². The zero-order valence-corrected chi connectivity index (χ0v) is 17.1. The lowest BCUT2D eigenvalue weighted by Crippen LogP contribution is -2.44. The molecule has 6 heteroatoms. The van der Waals surface area contributed by atoms with E-state index in [1.807, 2.05) is 13.8 Å². The lowest BCUT2D eigenvalue weighted by Gasteiger charge is -2.23. The van der Waals surface area contributed by atoms with Gasteiger partial charge in [0, 0.05) is 24.7 Å². The van der Waals surface area contributed by atoms with Crippen molar-refractivity contribution >= 4 is 29.9 Å². The van der Waals surface area contributed by atoms with Crippen LogP contribution in [0.2, 0.25) is 0 Å². The molecule has 0 bridgehead atoms. The zero-order valence-electron chi connectivity index (χ0n) is 14.8. The van der Waals surface area contributed by atoms with Crippen LogP contribution in [-0.4, -0.2) is 43.1 Å². The van der Waals surface area contributed by atoms with Crippen LogP contribution in [0.5, 0.6) is 0 Å². The molecule has 0 amide bonds. The summed E-state index contributed by atoms with van der Waals surface area (Å²) >= 11 is 0. The van der Waals surface area contributed by atoms with E-state index >= 15 is 0 Å². The highest BCUT2D eigenvalue weighted by Gasteiger charge is 2.22. The van der Waals surface area contributed by atoms with Gasteiger partial charge in [-0.05, 0) is 52.8 Å². The third kappa shape index (κ3) is 5.99. The molecule has 1 aromatic rings. The molecule has 0 aliphatic carbocycles. The lowest BCUT2D eigenvalue weighted by molar-refractivity contribution is 0.267. The van der Waals surface area contributed by atoms with Crippen LogP contribution in [-0.2, 0) is 6.54 Å². The Morgan fingerprint density at radius 3 is 2.74 bits per heavy atom. The van der Waals surface area contributed by atoms with Crippen LogP contribution in [0.3, 0.4) is 0 Å². The molecule has 0 radical (unpaired) electrons. The number of likely N-dealkylation sites (tertiary alicyclic amines) is 1. The van der Waals surface area contributed by atoms with E-state index in [0.717, 1.165) is 42.7 Å². The molecule has 1 saturated heterocycles. The van der Waals surface area contributed by atoms with Crippen molar-refractivity contribution in [2.24, 2.45) is 4.99 Å². The minimum atomic E-state index is 0. The van der Waals surface area contributed by atoms with Gasteiger partial charge in [0.2, 0.25) is 0 Å². The van der Waals surface area contributed by atoms with E-state index in [2.05, 4.69) is 40.4 Å². The molecule has 1 unspecified atom stereocenters. The third-order valence-corrected chi connectivity index (χ3v) is 4.31. The quantitative estimate of drug-likeness (QED) is 0.411. The van der Waals surface area contributed by atoms with E-state index in [-0.39, 0.29) is 24.0 Å². The van der Waals surface area contributed by atoms with E-state index in [4.69, 9.17) is 4.42 Å². The fourth-order valence-electron chi connectivity index (χ4n) is 3.10. The molecule has 23 heavy (non-hydrogen) atoms. The van der Waals surface area contributed by atoms with Crippen LogP contribution in [0.25, 0.3) is 0 Å². The fraction of sp³-hybridized carbons (Fsp3) is 0.706. The minimum absolute atomic E-state index is 0. The molecule has 1 atom stereocenters. The average molecular weight is 434 g/mol. The summed E-state index contributed by atoms with van der Waals surface area (Å²) in [6, 6.07) is 2.70. The standard InChI is InChI=1S/C17H30N4O.HI/c1-5-18-17(19-11-15-10-13(3)22-14(15)4)20-12-16-8-7-9-21(16)6-2;/h10,16H,5-9,11-12H2,1-4H3,(H2,18,19,20);1H. The van der Waals surface area contributed by atoms with Crippen molar-refractivity contribution in [1.82, 2.24) is 15.5 Å².